The number of thiol groups is 1. The van der Waals surface area contributed by atoms with Crippen LogP contribution in [-0.2, 0) is 13.5 Å². The molecule has 0 aromatic carbocycles. The van der Waals surface area contributed by atoms with Crippen molar-refractivity contribution in [3.05, 3.63) is 29.5 Å². The van der Waals surface area contributed by atoms with Crippen LogP contribution in [0.25, 0.3) is 0 Å². The molecule has 1 nitrogen and oxygen atoms in total. The van der Waals surface area contributed by atoms with E-state index in [1.165, 1.54) is 0 Å². The van der Waals surface area contributed by atoms with Crippen LogP contribution in [0.5, 0.6) is 0 Å². The maximum atomic E-state index is 5.48. The quantitative estimate of drug-likeness (QED) is 0.266. The molecule has 0 bridgehead atoms. The van der Waals surface area contributed by atoms with Crippen LogP contribution in [0, 0.1) is 0 Å². The van der Waals surface area contributed by atoms with Gasteiger partial charge in [-0.25, -0.2) is 0 Å². The molecule has 0 spiro atoms. The summed E-state index contributed by atoms with van der Waals surface area (Å²) in [7, 11) is 0. The molecule has 9 heavy (non-hydrogen) atoms. The fourth-order valence-electron chi connectivity index (χ4n) is 0.342. The zero-order chi connectivity index (χ0) is 5.11. The van der Waals surface area contributed by atoms with Crippen LogP contribution in [0.4, 0.5) is 0 Å². The van der Waals surface area contributed by atoms with Gasteiger partial charge in [0.1, 0.15) is 0 Å². The number of halogens is 1. The van der Waals surface area contributed by atoms with Crippen LogP contribution in [0.2, 0.25) is 5.02 Å². The molecule has 0 saturated carbocycles. The smallest absolute Gasteiger partial charge is 0.813 e. The molecule has 0 aliphatic carbocycles. The minimum atomic E-state index is 0. The topological polar surface area (TPSA) is 12.9 Å². The van der Waals surface area contributed by atoms with Crippen LogP contribution >= 0.6 is 11.6 Å². The van der Waals surface area contributed by atoms with Crippen LogP contribution in [0.3, 0.4) is 0 Å². The van der Waals surface area contributed by atoms with Crippen molar-refractivity contribution in [2.24, 2.45) is 0 Å². The average Bonchev–Trinajstić information content (AvgIpc) is 1.69. The summed E-state index contributed by atoms with van der Waals surface area (Å²) in [5.74, 6) is 0. The first-order valence-corrected chi connectivity index (χ1v) is 2.33. The summed E-state index contributed by atoms with van der Waals surface area (Å²) >= 11 is 5.48. The Morgan fingerprint density at radius 3 is 2.33 bits per heavy atom. The third kappa shape index (κ3) is 5.25. The van der Waals surface area contributed by atoms with Gasteiger partial charge in [-0.2, -0.15) is 0 Å². The van der Waals surface area contributed by atoms with Gasteiger partial charge >= 0.3 is 29.6 Å². The van der Waals surface area contributed by atoms with Gasteiger partial charge in [0.15, 0.2) is 0 Å². The molecule has 1 heterocycles. The Kier molecular flexibility index (Phi) is 9.56. The molecule has 0 aliphatic rings. The number of rotatable bonds is 0. The fraction of sp³-hybridized carbons (Fsp3) is 0. The molecule has 1 aromatic rings. The Morgan fingerprint density at radius 2 is 2.11 bits per heavy atom. The Labute approximate surface area is 88.6 Å². The van der Waals surface area contributed by atoms with E-state index >= 15 is 0 Å². The van der Waals surface area contributed by atoms with Gasteiger partial charge in [-0.15, -0.1) is 0 Å². The number of hydrogen-bond donors (Lipinski definition) is 0. The number of pyridine rings is 1. The molecule has 1 aromatic heterocycles. The molecule has 0 radical (unpaired) electrons. The van der Waals surface area contributed by atoms with Gasteiger partial charge in [0.2, 0.25) is 0 Å². The van der Waals surface area contributed by atoms with E-state index in [2.05, 4.69) is 4.98 Å². The Hall–Kier alpha value is 0.790. The first kappa shape index (κ1) is 12.5. The summed E-state index contributed by atoms with van der Waals surface area (Å²) < 4.78 is 0. The van der Waals surface area contributed by atoms with Crippen LogP contribution in [0.1, 0.15) is 0 Å². The summed E-state index contributed by atoms with van der Waals surface area (Å²) in [4.78, 5) is 3.75. The third-order valence-electron chi connectivity index (χ3n) is 0.625. The first-order chi connectivity index (χ1) is 3.39. The largest absolute Gasteiger partial charge is 1.00 e. The summed E-state index contributed by atoms with van der Waals surface area (Å²) in [6.07, 6.45) is 3.29. The Bertz CT molecular complexity index is 147. The van der Waals surface area contributed by atoms with E-state index in [1.54, 1.807) is 24.5 Å². The molecule has 0 unspecified atom stereocenters. The summed E-state index contributed by atoms with van der Waals surface area (Å²) in [6.45, 7) is 0. The van der Waals surface area contributed by atoms with E-state index in [4.69, 9.17) is 11.6 Å². The standard InChI is InChI=1S/C5H4ClN.Na.H2S/c6-5-2-1-3-7-4-5;;/h1-4H;;1H2/q;+1;/p-1. The minimum absolute atomic E-state index is 0. The maximum absolute atomic E-state index is 5.48. The second-order valence-electron chi connectivity index (χ2n) is 1.17. The van der Waals surface area contributed by atoms with Crippen molar-refractivity contribution in [2.45, 2.75) is 0 Å². The van der Waals surface area contributed by atoms with Crippen molar-refractivity contribution in [3.8, 4) is 0 Å². The average molecular weight is 170 g/mol. The van der Waals surface area contributed by atoms with E-state index < -0.39 is 0 Å². The number of hydrogen-bond acceptors (Lipinski definition) is 2. The maximum Gasteiger partial charge on any atom is 1.00 e. The molecule has 0 fully saturated rings. The van der Waals surface area contributed by atoms with Crippen molar-refractivity contribution >= 4 is 25.1 Å². The van der Waals surface area contributed by atoms with E-state index in [0.29, 0.717) is 5.02 Å². The van der Waals surface area contributed by atoms with Crippen LogP contribution in [0.15, 0.2) is 24.5 Å². The summed E-state index contributed by atoms with van der Waals surface area (Å²) in [5.41, 5.74) is 0. The number of aromatic nitrogens is 1. The van der Waals surface area contributed by atoms with Gasteiger partial charge in [-0.3, -0.25) is 4.98 Å². The van der Waals surface area contributed by atoms with E-state index in [1.807, 2.05) is 0 Å². The van der Waals surface area contributed by atoms with Crippen molar-refractivity contribution in [1.82, 2.24) is 4.98 Å². The zero-order valence-electron chi connectivity index (χ0n) is 5.08. The van der Waals surface area contributed by atoms with Crippen LogP contribution in [-0.4, -0.2) is 4.98 Å². The second kappa shape index (κ2) is 6.90. The molecular formula is C5H5ClNNaS. The summed E-state index contributed by atoms with van der Waals surface area (Å²) in [5, 5.41) is 0.683. The minimum Gasteiger partial charge on any atom is -0.813 e. The number of nitrogens with zero attached hydrogens (tertiary/aromatic N) is 1. The van der Waals surface area contributed by atoms with E-state index in [-0.39, 0.29) is 43.1 Å². The van der Waals surface area contributed by atoms with Gasteiger partial charge in [0.25, 0.3) is 0 Å². The third-order valence-corrected chi connectivity index (χ3v) is 0.849. The molecular weight excluding hydrogens is 165 g/mol. The molecule has 0 atom stereocenters. The van der Waals surface area contributed by atoms with E-state index in [9.17, 15) is 0 Å². The van der Waals surface area contributed by atoms with Gasteiger partial charge in [-0.05, 0) is 12.1 Å². The molecule has 0 N–H and O–H groups in total. The van der Waals surface area contributed by atoms with Crippen molar-refractivity contribution in [1.29, 1.82) is 0 Å². The first-order valence-electron chi connectivity index (χ1n) is 1.95. The van der Waals surface area contributed by atoms with E-state index in [0.717, 1.165) is 0 Å². The fourth-order valence-corrected chi connectivity index (χ4v) is 0.471. The summed E-state index contributed by atoms with van der Waals surface area (Å²) in [6, 6.07) is 3.58. The monoisotopic (exact) mass is 169 g/mol. The molecule has 0 saturated heterocycles. The predicted molar refractivity (Wildman–Crippen MR) is 38.0 cm³/mol. The van der Waals surface area contributed by atoms with Crippen LogP contribution < -0.4 is 29.6 Å². The molecule has 4 heteroatoms. The van der Waals surface area contributed by atoms with Gasteiger partial charge in [-0.1, -0.05) is 11.6 Å². The molecule has 1 rings (SSSR count). The van der Waals surface area contributed by atoms with Gasteiger partial charge in [0.05, 0.1) is 5.02 Å². The normalized spacial score (nSPS) is 6.78. The van der Waals surface area contributed by atoms with Crippen molar-refractivity contribution in [2.75, 3.05) is 0 Å². The predicted octanol–water partition coefficient (Wildman–Crippen LogP) is -1.53. The van der Waals surface area contributed by atoms with Gasteiger partial charge < -0.3 is 13.5 Å². The second-order valence-corrected chi connectivity index (χ2v) is 1.61. The molecule has 0 amide bonds. The molecule has 0 aliphatic heterocycles. The molecule has 44 valence electrons. The zero-order valence-corrected chi connectivity index (χ0v) is 8.73. The SMILES string of the molecule is Clc1cccnc1.[Na+].[SH-]. The van der Waals surface area contributed by atoms with Crippen molar-refractivity contribution in [3.63, 3.8) is 0 Å². The van der Waals surface area contributed by atoms with Gasteiger partial charge in [0, 0.05) is 12.4 Å². The Morgan fingerprint density at radius 1 is 1.44 bits per heavy atom. The van der Waals surface area contributed by atoms with Crippen molar-refractivity contribution < 1.29 is 29.6 Å². The Balaban J connectivity index is 0.